The number of fused-ring (bicyclic) bond motifs is 1. The minimum absolute atomic E-state index is 0.219. The summed E-state index contributed by atoms with van der Waals surface area (Å²) in [6.07, 6.45) is 11.3. The Morgan fingerprint density at radius 3 is 2.43 bits per heavy atom. The van der Waals surface area contributed by atoms with Crippen LogP contribution in [0.3, 0.4) is 0 Å². The summed E-state index contributed by atoms with van der Waals surface area (Å²) in [6.45, 7) is 3.28. The summed E-state index contributed by atoms with van der Waals surface area (Å²) in [7, 11) is 1.99. The zero-order valence-corrected chi connectivity index (χ0v) is 17.3. The van der Waals surface area contributed by atoms with E-state index in [2.05, 4.69) is 4.90 Å². The van der Waals surface area contributed by atoms with Crippen molar-refractivity contribution in [2.24, 2.45) is 13.0 Å². The van der Waals surface area contributed by atoms with Gasteiger partial charge in [-0.3, -0.25) is 14.3 Å². The molecular formula is C22H34N4O2. The van der Waals surface area contributed by atoms with Crippen molar-refractivity contribution in [1.82, 2.24) is 19.6 Å². The molecule has 2 amide bonds. The number of rotatable bonds is 4. The van der Waals surface area contributed by atoms with Gasteiger partial charge in [-0.05, 0) is 32.1 Å². The van der Waals surface area contributed by atoms with Gasteiger partial charge in [0.15, 0.2) is 0 Å². The molecule has 28 heavy (non-hydrogen) atoms. The zero-order valence-electron chi connectivity index (χ0n) is 17.3. The summed E-state index contributed by atoms with van der Waals surface area (Å²) >= 11 is 0. The summed E-state index contributed by atoms with van der Waals surface area (Å²) in [5.41, 5.74) is 3.46. The number of hydrogen-bond donors (Lipinski definition) is 0. The van der Waals surface area contributed by atoms with Crippen LogP contribution >= 0.6 is 0 Å². The Bertz CT molecular complexity index is 714. The lowest BCUT2D eigenvalue weighted by Crippen LogP contribution is -2.40. The van der Waals surface area contributed by atoms with Crippen molar-refractivity contribution in [3.63, 3.8) is 0 Å². The third-order valence-electron chi connectivity index (χ3n) is 6.88. The lowest BCUT2D eigenvalue weighted by molar-refractivity contribution is -0.137. The highest BCUT2D eigenvalue weighted by Crippen LogP contribution is 2.29. The van der Waals surface area contributed by atoms with Gasteiger partial charge in [-0.1, -0.05) is 19.3 Å². The maximum atomic E-state index is 13.0. The number of likely N-dealkylation sites (tertiary alicyclic amines) is 1. The zero-order chi connectivity index (χ0) is 19.5. The van der Waals surface area contributed by atoms with Gasteiger partial charge < -0.3 is 9.80 Å². The van der Waals surface area contributed by atoms with Crippen LogP contribution in [0, 0.1) is 5.92 Å². The van der Waals surface area contributed by atoms with Gasteiger partial charge >= 0.3 is 0 Å². The molecule has 4 rings (SSSR count). The normalized spacial score (nSPS) is 20.9. The minimum atomic E-state index is 0.219. The van der Waals surface area contributed by atoms with Gasteiger partial charge in [-0.25, -0.2) is 0 Å². The van der Waals surface area contributed by atoms with E-state index in [-0.39, 0.29) is 11.8 Å². The molecule has 0 unspecified atom stereocenters. The van der Waals surface area contributed by atoms with Crippen molar-refractivity contribution < 1.29 is 9.59 Å². The summed E-state index contributed by atoms with van der Waals surface area (Å²) in [5, 5.41) is 4.72. The number of aryl methyl sites for hydroxylation is 2. The number of piperidine rings is 1. The summed E-state index contributed by atoms with van der Waals surface area (Å²) in [5.74, 6) is 0.811. The molecular weight excluding hydrogens is 352 g/mol. The molecule has 1 aliphatic carbocycles. The summed E-state index contributed by atoms with van der Waals surface area (Å²) in [6, 6.07) is 0. The Labute approximate surface area is 168 Å². The van der Waals surface area contributed by atoms with E-state index in [9.17, 15) is 9.59 Å². The number of carbonyl (C=O) groups excluding carboxylic acids is 2. The van der Waals surface area contributed by atoms with Crippen LogP contribution in [0.1, 0.15) is 74.7 Å². The molecule has 2 fully saturated rings. The third kappa shape index (κ3) is 4.11. The maximum Gasteiger partial charge on any atom is 0.225 e. The van der Waals surface area contributed by atoms with Crippen molar-refractivity contribution in [1.29, 1.82) is 0 Å². The van der Waals surface area contributed by atoms with Crippen molar-refractivity contribution >= 4 is 11.8 Å². The molecule has 154 valence electrons. The van der Waals surface area contributed by atoms with E-state index in [0.29, 0.717) is 25.3 Å². The molecule has 0 N–H and O–H groups in total. The van der Waals surface area contributed by atoms with Crippen LogP contribution in [-0.2, 0) is 36.0 Å². The van der Waals surface area contributed by atoms with E-state index in [4.69, 9.17) is 5.10 Å². The Kier molecular flexibility index (Phi) is 6.02. The average Bonchev–Trinajstić information content (AvgIpc) is 3.07. The van der Waals surface area contributed by atoms with Gasteiger partial charge in [0.25, 0.3) is 0 Å². The number of aromatic nitrogens is 2. The lowest BCUT2D eigenvalue weighted by Gasteiger charge is -2.32. The van der Waals surface area contributed by atoms with E-state index < -0.39 is 0 Å². The lowest BCUT2D eigenvalue weighted by atomic mass is 9.87. The summed E-state index contributed by atoms with van der Waals surface area (Å²) in [4.78, 5) is 29.6. The number of nitrogens with zero attached hydrogens (tertiary/aromatic N) is 4. The Balaban J connectivity index is 1.40. The van der Waals surface area contributed by atoms with E-state index in [0.717, 1.165) is 57.4 Å². The molecule has 1 aromatic rings. The minimum Gasteiger partial charge on any atom is -0.343 e. The first-order valence-corrected chi connectivity index (χ1v) is 11.2. The van der Waals surface area contributed by atoms with Crippen molar-refractivity contribution in [2.45, 2.75) is 77.2 Å². The van der Waals surface area contributed by atoms with Gasteiger partial charge in [-0.2, -0.15) is 5.10 Å². The molecule has 0 spiro atoms. The highest BCUT2D eigenvalue weighted by molar-refractivity contribution is 5.79. The molecule has 0 radical (unpaired) electrons. The molecule has 6 nitrogen and oxygen atoms in total. The van der Waals surface area contributed by atoms with Gasteiger partial charge in [0.2, 0.25) is 11.8 Å². The molecule has 3 aliphatic rings. The molecule has 6 heteroatoms. The standard InChI is InChI=1S/C22H34N4O2/c1-24-20-12-15-26(22(28)17-8-4-2-5-9-17)16-18(20)19(23-24)10-11-21(27)25-13-6-3-7-14-25/h17H,2-16H2,1H3. The first-order valence-electron chi connectivity index (χ1n) is 11.2. The Morgan fingerprint density at radius 1 is 0.964 bits per heavy atom. The molecule has 0 aromatic carbocycles. The van der Waals surface area contributed by atoms with E-state index >= 15 is 0 Å². The second kappa shape index (κ2) is 8.66. The van der Waals surface area contributed by atoms with Crippen LogP contribution in [0.5, 0.6) is 0 Å². The van der Waals surface area contributed by atoms with Gasteiger partial charge in [0, 0.05) is 69.7 Å². The molecule has 0 atom stereocenters. The van der Waals surface area contributed by atoms with Crippen LogP contribution in [0.2, 0.25) is 0 Å². The molecule has 1 saturated heterocycles. The first kappa shape index (κ1) is 19.5. The fourth-order valence-electron chi connectivity index (χ4n) is 5.19. The molecule has 0 bridgehead atoms. The third-order valence-corrected chi connectivity index (χ3v) is 6.88. The van der Waals surface area contributed by atoms with Gasteiger partial charge in [0.05, 0.1) is 5.69 Å². The van der Waals surface area contributed by atoms with E-state index in [1.165, 1.54) is 36.9 Å². The Morgan fingerprint density at radius 2 is 1.68 bits per heavy atom. The Hall–Kier alpha value is -1.85. The fraction of sp³-hybridized carbons (Fsp3) is 0.773. The van der Waals surface area contributed by atoms with Crippen LogP contribution < -0.4 is 0 Å². The molecule has 1 aromatic heterocycles. The monoisotopic (exact) mass is 386 g/mol. The highest BCUT2D eigenvalue weighted by Gasteiger charge is 2.31. The van der Waals surface area contributed by atoms with Gasteiger partial charge in [0.1, 0.15) is 0 Å². The first-order chi connectivity index (χ1) is 13.6. The van der Waals surface area contributed by atoms with Crippen LogP contribution in [0.25, 0.3) is 0 Å². The molecule has 2 aliphatic heterocycles. The SMILES string of the molecule is Cn1nc(CCC(=O)N2CCCCC2)c2c1CCN(C(=O)C1CCCCC1)C2. The smallest absolute Gasteiger partial charge is 0.225 e. The predicted molar refractivity (Wildman–Crippen MR) is 108 cm³/mol. The quantitative estimate of drug-likeness (QED) is 0.799. The van der Waals surface area contributed by atoms with Crippen LogP contribution in [0.15, 0.2) is 0 Å². The second-order valence-electron chi connectivity index (χ2n) is 8.78. The van der Waals surface area contributed by atoms with E-state index in [1.54, 1.807) is 0 Å². The van der Waals surface area contributed by atoms with E-state index in [1.807, 2.05) is 16.6 Å². The average molecular weight is 387 g/mol. The van der Waals surface area contributed by atoms with Crippen LogP contribution in [-0.4, -0.2) is 51.0 Å². The number of amides is 2. The van der Waals surface area contributed by atoms with Gasteiger partial charge in [-0.15, -0.1) is 0 Å². The highest BCUT2D eigenvalue weighted by atomic mass is 16.2. The van der Waals surface area contributed by atoms with Crippen LogP contribution in [0.4, 0.5) is 0 Å². The largest absolute Gasteiger partial charge is 0.343 e. The van der Waals surface area contributed by atoms with Crippen molar-refractivity contribution in [3.8, 4) is 0 Å². The maximum absolute atomic E-state index is 13.0. The predicted octanol–water partition coefficient (Wildman–Crippen LogP) is 2.83. The van der Waals surface area contributed by atoms with Crippen molar-refractivity contribution in [2.75, 3.05) is 19.6 Å². The second-order valence-corrected chi connectivity index (χ2v) is 8.78. The van der Waals surface area contributed by atoms with Crippen molar-refractivity contribution in [3.05, 3.63) is 17.0 Å². The summed E-state index contributed by atoms with van der Waals surface area (Å²) < 4.78 is 1.97. The topological polar surface area (TPSA) is 58.4 Å². The molecule has 1 saturated carbocycles. The number of carbonyl (C=O) groups is 2. The fourth-order valence-corrected chi connectivity index (χ4v) is 5.19. The molecule has 3 heterocycles. The number of hydrogen-bond acceptors (Lipinski definition) is 3.